The molecule has 6 heteroatoms. The van der Waals surface area contributed by atoms with Crippen molar-refractivity contribution >= 4 is 5.91 Å². The minimum Gasteiger partial charge on any atom is -0.352 e. The van der Waals surface area contributed by atoms with E-state index in [1.165, 1.54) is 0 Å². The third-order valence-corrected chi connectivity index (χ3v) is 2.52. The Kier molecular flexibility index (Phi) is 2.96. The van der Waals surface area contributed by atoms with Gasteiger partial charge < -0.3 is 15.2 Å². The summed E-state index contributed by atoms with van der Waals surface area (Å²) in [6, 6.07) is 0. The summed E-state index contributed by atoms with van der Waals surface area (Å²) in [7, 11) is 1.54. The zero-order valence-electron chi connectivity index (χ0n) is 8.62. The first-order valence-electron chi connectivity index (χ1n) is 5.07. The lowest BCUT2D eigenvalue weighted by atomic mass is 10.00. The summed E-state index contributed by atoms with van der Waals surface area (Å²) in [5.74, 6) is 0.595. The number of amides is 1. The summed E-state index contributed by atoms with van der Waals surface area (Å²) in [6.45, 7) is 1.88. The van der Waals surface area contributed by atoms with Crippen LogP contribution in [0, 0.1) is 0 Å². The van der Waals surface area contributed by atoms with Crippen LogP contribution >= 0.6 is 0 Å². The Labute approximate surface area is 87.4 Å². The van der Waals surface area contributed by atoms with Gasteiger partial charge in [-0.3, -0.25) is 4.79 Å². The molecule has 0 aliphatic carbocycles. The lowest BCUT2D eigenvalue weighted by Crippen LogP contribution is -2.28. The molecule has 1 unspecified atom stereocenters. The molecule has 15 heavy (non-hydrogen) atoms. The maximum Gasteiger partial charge on any atom is 0.292 e. The molecule has 82 valence electrons. The molecule has 1 aliphatic rings. The Morgan fingerprint density at radius 1 is 1.67 bits per heavy atom. The van der Waals surface area contributed by atoms with Gasteiger partial charge in [0, 0.05) is 13.6 Å². The van der Waals surface area contributed by atoms with Gasteiger partial charge in [0.25, 0.3) is 11.7 Å². The quantitative estimate of drug-likeness (QED) is 0.712. The van der Waals surface area contributed by atoms with E-state index in [9.17, 15) is 4.79 Å². The number of rotatable bonds is 2. The average Bonchev–Trinajstić information content (AvgIpc) is 2.78. The van der Waals surface area contributed by atoms with Crippen molar-refractivity contribution in [3.8, 4) is 0 Å². The van der Waals surface area contributed by atoms with Crippen molar-refractivity contribution in [2.75, 3.05) is 20.1 Å². The molecule has 0 bridgehead atoms. The highest BCUT2D eigenvalue weighted by atomic mass is 16.5. The zero-order valence-corrected chi connectivity index (χ0v) is 8.62. The molecule has 6 nitrogen and oxygen atoms in total. The molecule has 1 aromatic heterocycles. The Hall–Kier alpha value is -1.43. The molecular weight excluding hydrogens is 196 g/mol. The molecule has 1 fully saturated rings. The van der Waals surface area contributed by atoms with E-state index in [0.29, 0.717) is 5.89 Å². The fourth-order valence-electron chi connectivity index (χ4n) is 1.67. The number of carbonyl (C=O) groups excluding carboxylic acids is 1. The van der Waals surface area contributed by atoms with E-state index in [0.717, 1.165) is 25.9 Å². The van der Waals surface area contributed by atoms with Gasteiger partial charge in [-0.1, -0.05) is 5.16 Å². The highest BCUT2D eigenvalue weighted by Gasteiger charge is 2.22. The van der Waals surface area contributed by atoms with Gasteiger partial charge in [-0.05, 0) is 19.4 Å². The number of nitrogens with zero attached hydrogens (tertiary/aromatic N) is 2. The number of nitrogens with one attached hydrogen (secondary N) is 2. The number of carbonyl (C=O) groups is 1. The lowest BCUT2D eigenvalue weighted by Gasteiger charge is -2.18. The molecule has 1 aromatic rings. The van der Waals surface area contributed by atoms with E-state index in [1.54, 1.807) is 7.05 Å². The van der Waals surface area contributed by atoms with Crippen LogP contribution in [0.5, 0.6) is 0 Å². The molecule has 0 spiro atoms. The first-order valence-corrected chi connectivity index (χ1v) is 5.07. The summed E-state index contributed by atoms with van der Waals surface area (Å²) in [6.07, 6.45) is 2.13. The van der Waals surface area contributed by atoms with Crippen molar-refractivity contribution < 1.29 is 9.32 Å². The van der Waals surface area contributed by atoms with Crippen molar-refractivity contribution in [1.29, 1.82) is 0 Å². The smallest absolute Gasteiger partial charge is 0.292 e. The number of piperidine rings is 1. The first-order chi connectivity index (χ1) is 7.31. The number of hydrogen-bond donors (Lipinski definition) is 2. The topological polar surface area (TPSA) is 80.0 Å². The van der Waals surface area contributed by atoms with Crippen molar-refractivity contribution in [3.05, 3.63) is 11.7 Å². The van der Waals surface area contributed by atoms with Gasteiger partial charge in [0.05, 0.1) is 5.92 Å². The van der Waals surface area contributed by atoms with Gasteiger partial charge in [0.2, 0.25) is 5.89 Å². The summed E-state index contributed by atoms with van der Waals surface area (Å²) < 4.78 is 5.07. The van der Waals surface area contributed by atoms with E-state index >= 15 is 0 Å². The minimum absolute atomic E-state index is 0.109. The minimum atomic E-state index is -0.311. The lowest BCUT2D eigenvalue weighted by molar-refractivity contribution is 0.0950. The summed E-state index contributed by atoms with van der Waals surface area (Å²) in [4.78, 5) is 15.3. The second-order valence-electron chi connectivity index (χ2n) is 3.58. The van der Waals surface area contributed by atoms with Crippen molar-refractivity contribution in [2.24, 2.45) is 0 Å². The van der Waals surface area contributed by atoms with Gasteiger partial charge in [-0.15, -0.1) is 0 Å². The van der Waals surface area contributed by atoms with Crippen LogP contribution in [-0.2, 0) is 0 Å². The van der Waals surface area contributed by atoms with Crippen LogP contribution in [0.2, 0.25) is 0 Å². The highest BCUT2D eigenvalue weighted by Crippen LogP contribution is 2.21. The molecule has 1 saturated heterocycles. The van der Waals surface area contributed by atoms with Gasteiger partial charge in [-0.2, -0.15) is 4.98 Å². The maximum absolute atomic E-state index is 11.2. The zero-order chi connectivity index (χ0) is 10.7. The molecule has 2 heterocycles. The van der Waals surface area contributed by atoms with E-state index in [1.807, 2.05) is 0 Å². The van der Waals surface area contributed by atoms with Crippen LogP contribution in [-0.4, -0.2) is 36.2 Å². The van der Waals surface area contributed by atoms with Gasteiger partial charge in [0.1, 0.15) is 0 Å². The standard InChI is InChI=1S/C9H14N4O2/c1-10-8(14)7-12-9(15-13-7)6-3-2-4-11-5-6/h6,11H,2-5H2,1H3,(H,10,14). The monoisotopic (exact) mass is 210 g/mol. The molecule has 1 amide bonds. The fourth-order valence-corrected chi connectivity index (χ4v) is 1.67. The molecular formula is C9H14N4O2. The Balaban J connectivity index is 2.08. The van der Waals surface area contributed by atoms with Crippen molar-refractivity contribution in [3.63, 3.8) is 0 Å². The van der Waals surface area contributed by atoms with Crippen LogP contribution in [0.3, 0.4) is 0 Å². The summed E-state index contributed by atoms with van der Waals surface area (Å²) >= 11 is 0. The van der Waals surface area contributed by atoms with Gasteiger partial charge >= 0.3 is 0 Å². The van der Waals surface area contributed by atoms with Crippen LogP contribution < -0.4 is 10.6 Å². The van der Waals surface area contributed by atoms with Crippen LogP contribution in [0.4, 0.5) is 0 Å². The van der Waals surface area contributed by atoms with Crippen molar-refractivity contribution in [2.45, 2.75) is 18.8 Å². The normalized spacial score (nSPS) is 21.3. The molecule has 1 atom stereocenters. The van der Waals surface area contributed by atoms with Crippen LogP contribution in [0.1, 0.15) is 35.3 Å². The number of aromatic nitrogens is 2. The summed E-state index contributed by atoms with van der Waals surface area (Å²) in [5, 5.41) is 9.35. The largest absolute Gasteiger partial charge is 0.352 e. The Morgan fingerprint density at radius 2 is 2.53 bits per heavy atom. The molecule has 2 N–H and O–H groups in total. The van der Waals surface area contributed by atoms with Crippen LogP contribution in [0.15, 0.2) is 4.52 Å². The molecule has 0 saturated carbocycles. The number of hydrogen-bond acceptors (Lipinski definition) is 5. The molecule has 2 rings (SSSR count). The molecule has 0 radical (unpaired) electrons. The Bertz CT molecular complexity index is 344. The molecule has 1 aliphatic heterocycles. The van der Waals surface area contributed by atoms with Gasteiger partial charge in [0.15, 0.2) is 0 Å². The first kappa shape index (κ1) is 10.1. The van der Waals surface area contributed by atoms with E-state index in [4.69, 9.17) is 4.52 Å². The van der Waals surface area contributed by atoms with E-state index in [2.05, 4.69) is 20.8 Å². The molecule has 0 aromatic carbocycles. The van der Waals surface area contributed by atoms with Crippen molar-refractivity contribution in [1.82, 2.24) is 20.8 Å². The predicted octanol–water partition coefficient (Wildman–Crippen LogP) is -0.104. The average molecular weight is 210 g/mol. The predicted molar refractivity (Wildman–Crippen MR) is 52.5 cm³/mol. The highest BCUT2D eigenvalue weighted by molar-refractivity contribution is 5.89. The second-order valence-corrected chi connectivity index (χ2v) is 3.58. The maximum atomic E-state index is 11.2. The van der Waals surface area contributed by atoms with Crippen LogP contribution in [0.25, 0.3) is 0 Å². The third-order valence-electron chi connectivity index (χ3n) is 2.52. The van der Waals surface area contributed by atoms with E-state index in [-0.39, 0.29) is 17.6 Å². The second kappa shape index (κ2) is 4.39. The third kappa shape index (κ3) is 2.15. The summed E-state index contributed by atoms with van der Waals surface area (Å²) in [5.41, 5.74) is 0. The van der Waals surface area contributed by atoms with E-state index < -0.39 is 0 Å². The van der Waals surface area contributed by atoms with Gasteiger partial charge in [-0.25, -0.2) is 0 Å². The Morgan fingerprint density at radius 3 is 3.20 bits per heavy atom. The SMILES string of the molecule is CNC(=O)c1noc(C2CCCNC2)n1. The fraction of sp³-hybridized carbons (Fsp3) is 0.667.